The molecule has 1 unspecified atom stereocenters. The number of halogens is 1. The van der Waals surface area contributed by atoms with Gasteiger partial charge in [0.05, 0.1) is 31.5 Å². The smallest absolute Gasteiger partial charge is 0.319 e. The van der Waals surface area contributed by atoms with Gasteiger partial charge in [0.1, 0.15) is 11.5 Å². The lowest BCUT2D eigenvalue weighted by molar-refractivity contribution is -0.118. The van der Waals surface area contributed by atoms with Gasteiger partial charge >= 0.3 is 6.03 Å². The number of urea groups is 1. The summed E-state index contributed by atoms with van der Waals surface area (Å²) in [7, 11) is 3.04. The summed E-state index contributed by atoms with van der Waals surface area (Å²) in [6.45, 7) is 1.46. The van der Waals surface area contributed by atoms with Gasteiger partial charge in [-0.25, -0.2) is 4.79 Å². The van der Waals surface area contributed by atoms with E-state index in [4.69, 9.17) is 21.1 Å². The number of ether oxygens (including phenoxy) is 2. The summed E-state index contributed by atoms with van der Waals surface area (Å²) in [5.74, 6) is 0.761. The second-order valence-electron chi connectivity index (χ2n) is 7.56. The number of likely N-dealkylation sites (tertiary alicyclic amines) is 1. The van der Waals surface area contributed by atoms with E-state index in [2.05, 4.69) is 20.9 Å². The van der Waals surface area contributed by atoms with Crippen molar-refractivity contribution < 1.29 is 19.1 Å². The lowest BCUT2D eigenvalue weighted by atomic mass is 10.0. The highest BCUT2D eigenvalue weighted by atomic mass is 35.5. The Balaban J connectivity index is 1.56. The number of benzene rings is 2. The Labute approximate surface area is 193 Å². The molecule has 3 amide bonds. The van der Waals surface area contributed by atoms with Crippen LogP contribution in [0.25, 0.3) is 0 Å². The van der Waals surface area contributed by atoms with Gasteiger partial charge in [-0.3, -0.25) is 9.69 Å². The van der Waals surface area contributed by atoms with Gasteiger partial charge in [-0.1, -0.05) is 36.2 Å². The number of carbonyl (C=O) groups excluding carboxylic acids is 2. The number of amides is 3. The van der Waals surface area contributed by atoms with E-state index in [1.54, 1.807) is 12.1 Å². The maximum Gasteiger partial charge on any atom is 0.319 e. The third-order valence-corrected chi connectivity index (χ3v) is 5.67. The molecule has 8 nitrogen and oxygen atoms in total. The average molecular weight is 461 g/mol. The number of methoxy groups -OCH3 is 2. The number of para-hydroxylation sites is 1. The monoisotopic (exact) mass is 460 g/mol. The molecule has 1 heterocycles. The molecule has 0 bridgehead atoms. The first-order valence-electron chi connectivity index (χ1n) is 10.6. The quantitative estimate of drug-likeness (QED) is 0.554. The van der Waals surface area contributed by atoms with Gasteiger partial charge in [0.15, 0.2) is 0 Å². The third-order valence-electron chi connectivity index (χ3n) is 5.37. The minimum absolute atomic E-state index is 0.0809. The van der Waals surface area contributed by atoms with Crippen molar-refractivity contribution in [1.82, 2.24) is 10.2 Å². The number of nitrogens with zero attached hydrogens (tertiary/aromatic N) is 1. The number of piperidine rings is 1. The highest BCUT2D eigenvalue weighted by Crippen LogP contribution is 2.35. The van der Waals surface area contributed by atoms with Gasteiger partial charge in [0, 0.05) is 24.3 Å². The van der Waals surface area contributed by atoms with Crippen molar-refractivity contribution in [2.75, 3.05) is 44.5 Å². The first kappa shape index (κ1) is 23.7. The summed E-state index contributed by atoms with van der Waals surface area (Å²) in [6, 6.07) is 12.3. The molecule has 3 N–H and O–H groups in total. The molecular formula is C23H29ClN4O4. The van der Waals surface area contributed by atoms with Crippen molar-refractivity contribution in [2.45, 2.75) is 25.3 Å². The van der Waals surface area contributed by atoms with E-state index < -0.39 is 0 Å². The fraction of sp³-hybridized carbons (Fsp3) is 0.391. The van der Waals surface area contributed by atoms with Crippen LogP contribution in [0.2, 0.25) is 5.02 Å². The molecule has 1 aliphatic rings. The number of rotatable bonds is 8. The van der Waals surface area contributed by atoms with E-state index in [0.29, 0.717) is 28.8 Å². The minimum atomic E-state index is -0.260. The van der Waals surface area contributed by atoms with Gasteiger partial charge in [-0.05, 0) is 37.6 Å². The Bertz CT molecular complexity index is 926. The predicted molar refractivity (Wildman–Crippen MR) is 126 cm³/mol. The van der Waals surface area contributed by atoms with Gasteiger partial charge in [0.25, 0.3) is 0 Å². The van der Waals surface area contributed by atoms with E-state index in [1.165, 1.54) is 14.2 Å². The predicted octanol–water partition coefficient (Wildman–Crippen LogP) is 3.97. The molecule has 1 atom stereocenters. The van der Waals surface area contributed by atoms with Crippen molar-refractivity contribution in [3.05, 3.63) is 47.5 Å². The minimum Gasteiger partial charge on any atom is -0.495 e. The number of anilines is 2. The summed E-state index contributed by atoms with van der Waals surface area (Å²) in [5.41, 5.74) is 1.22. The van der Waals surface area contributed by atoms with Crippen LogP contribution >= 0.6 is 11.6 Å². The Morgan fingerprint density at radius 1 is 1.06 bits per heavy atom. The van der Waals surface area contributed by atoms with Crippen LogP contribution in [0.1, 0.15) is 19.3 Å². The molecule has 2 aromatic rings. The molecule has 0 spiro atoms. The van der Waals surface area contributed by atoms with Gasteiger partial charge < -0.3 is 25.4 Å². The lowest BCUT2D eigenvalue weighted by Gasteiger charge is -2.35. The number of hydrogen-bond acceptors (Lipinski definition) is 5. The molecule has 1 saturated heterocycles. The molecule has 2 aromatic carbocycles. The molecule has 0 aliphatic carbocycles. The molecule has 9 heteroatoms. The van der Waals surface area contributed by atoms with Crippen LogP contribution < -0.4 is 25.4 Å². The van der Waals surface area contributed by atoms with E-state index in [9.17, 15) is 9.59 Å². The fourth-order valence-corrected chi connectivity index (χ4v) is 3.98. The lowest BCUT2D eigenvalue weighted by Crippen LogP contribution is -2.49. The van der Waals surface area contributed by atoms with Crippen molar-refractivity contribution in [3.8, 4) is 11.5 Å². The number of carbonyl (C=O) groups is 2. The largest absolute Gasteiger partial charge is 0.495 e. The second-order valence-corrected chi connectivity index (χ2v) is 7.96. The molecular weight excluding hydrogens is 432 g/mol. The highest BCUT2D eigenvalue weighted by molar-refractivity contribution is 6.32. The summed E-state index contributed by atoms with van der Waals surface area (Å²) in [4.78, 5) is 27.1. The molecule has 1 aliphatic heterocycles. The SMILES string of the molecule is COc1cc(OC)c(NC(=O)CN2CCCCC2CNC(=O)Nc2ccccc2)cc1Cl. The maximum atomic E-state index is 12.8. The summed E-state index contributed by atoms with van der Waals surface area (Å²) in [5, 5.41) is 8.99. The Morgan fingerprint density at radius 2 is 1.81 bits per heavy atom. The molecule has 0 saturated carbocycles. The Kier molecular flexibility index (Phi) is 8.58. The van der Waals surface area contributed by atoms with Gasteiger partial charge in [-0.2, -0.15) is 0 Å². The first-order chi connectivity index (χ1) is 15.5. The van der Waals surface area contributed by atoms with Gasteiger partial charge in [-0.15, -0.1) is 0 Å². The maximum absolute atomic E-state index is 12.8. The van der Waals surface area contributed by atoms with Crippen molar-refractivity contribution in [3.63, 3.8) is 0 Å². The zero-order chi connectivity index (χ0) is 22.9. The standard InChI is InChI=1S/C23H29ClN4O4/c1-31-20-13-21(32-2)19(12-18(20)24)27-22(29)15-28-11-7-6-10-17(28)14-25-23(30)26-16-8-4-3-5-9-16/h3-5,8-9,12-13,17H,6-7,10-11,14-15H2,1-2H3,(H,27,29)(H2,25,26,30). The second kappa shape index (κ2) is 11.6. The van der Waals surface area contributed by atoms with Crippen LogP contribution in [0.5, 0.6) is 11.5 Å². The summed E-state index contributed by atoms with van der Waals surface area (Å²) in [6.07, 6.45) is 2.99. The van der Waals surface area contributed by atoms with E-state index in [0.717, 1.165) is 31.5 Å². The summed E-state index contributed by atoms with van der Waals surface area (Å²) >= 11 is 6.20. The van der Waals surface area contributed by atoms with Crippen LogP contribution in [0, 0.1) is 0 Å². The zero-order valence-corrected chi connectivity index (χ0v) is 19.1. The Morgan fingerprint density at radius 3 is 2.53 bits per heavy atom. The topological polar surface area (TPSA) is 91.9 Å². The number of hydrogen-bond donors (Lipinski definition) is 3. The average Bonchev–Trinajstić information content (AvgIpc) is 2.79. The summed E-state index contributed by atoms with van der Waals surface area (Å²) < 4.78 is 10.5. The van der Waals surface area contributed by atoms with E-state index >= 15 is 0 Å². The molecule has 0 aromatic heterocycles. The van der Waals surface area contributed by atoms with Crippen LogP contribution in [0.3, 0.4) is 0 Å². The van der Waals surface area contributed by atoms with Crippen LogP contribution in [0.4, 0.5) is 16.2 Å². The van der Waals surface area contributed by atoms with Crippen molar-refractivity contribution in [2.24, 2.45) is 0 Å². The highest BCUT2D eigenvalue weighted by Gasteiger charge is 2.25. The molecule has 32 heavy (non-hydrogen) atoms. The van der Waals surface area contributed by atoms with E-state index in [1.807, 2.05) is 30.3 Å². The molecule has 172 valence electrons. The molecule has 1 fully saturated rings. The zero-order valence-electron chi connectivity index (χ0n) is 18.3. The number of nitrogens with one attached hydrogen (secondary N) is 3. The Hall–Kier alpha value is -2.97. The van der Waals surface area contributed by atoms with Crippen LogP contribution in [-0.4, -0.2) is 56.7 Å². The van der Waals surface area contributed by atoms with E-state index in [-0.39, 0.29) is 24.5 Å². The normalized spacial score (nSPS) is 16.2. The van der Waals surface area contributed by atoms with Crippen molar-refractivity contribution >= 4 is 34.9 Å². The third kappa shape index (κ3) is 6.51. The fourth-order valence-electron chi connectivity index (χ4n) is 3.74. The van der Waals surface area contributed by atoms with Crippen LogP contribution in [0.15, 0.2) is 42.5 Å². The molecule has 3 rings (SSSR count). The molecule has 0 radical (unpaired) electrons. The van der Waals surface area contributed by atoms with Crippen molar-refractivity contribution in [1.29, 1.82) is 0 Å². The first-order valence-corrected chi connectivity index (χ1v) is 10.9. The van der Waals surface area contributed by atoms with Gasteiger partial charge in [0.2, 0.25) is 5.91 Å². The van der Waals surface area contributed by atoms with Crippen LogP contribution in [-0.2, 0) is 4.79 Å².